The lowest BCUT2D eigenvalue weighted by atomic mass is 10.1. The van der Waals surface area contributed by atoms with E-state index in [-0.39, 0.29) is 19.6 Å². The molecule has 0 aliphatic carbocycles. The van der Waals surface area contributed by atoms with Crippen LogP contribution in [-0.4, -0.2) is 48.3 Å². The van der Waals surface area contributed by atoms with E-state index in [4.69, 9.17) is 9.84 Å². The van der Waals surface area contributed by atoms with Gasteiger partial charge < -0.3 is 25.2 Å². The Hall–Kier alpha value is -3.36. The molecule has 0 radical (unpaired) electrons. The standard InChI is InChI=1S/C16H17N3O6/c1-24-14(22)9-25-12-5-4-11(10-3-2-7-17-15(10)12)19-16(23)18-8-6-13(20)21/h2-5,7H,6,8-9H2,1H3,(H,20,21)(H2,18,19,23). The molecule has 0 saturated carbocycles. The van der Waals surface area contributed by atoms with Crippen LogP contribution in [0.4, 0.5) is 10.5 Å². The lowest BCUT2D eigenvalue weighted by Gasteiger charge is -2.12. The number of ether oxygens (including phenoxy) is 2. The van der Waals surface area contributed by atoms with Gasteiger partial charge >= 0.3 is 18.0 Å². The van der Waals surface area contributed by atoms with E-state index >= 15 is 0 Å². The van der Waals surface area contributed by atoms with Gasteiger partial charge in [0.2, 0.25) is 0 Å². The van der Waals surface area contributed by atoms with Crippen molar-refractivity contribution in [3.8, 4) is 5.75 Å². The number of nitrogens with zero attached hydrogens (tertiary/aromatic N) is 1. The normalized spacial score (nSPS) is 10.1. The number of urea groups is 1. The van der Waals surface area contributed by atoms with Crippen molar-refractivity contribution in [2.75, 3.05) is 25.6 Å². The van der Waals surface area contributed by atoms with E-state index in [1.54, 1.807) is 30.5 Å². The van der Waals surface area contributed by atoms with Crippen LogP contribution in [0.15, 0.2) is 30.5 Å². The molecule has 3 N–H and O–H groups in total. The largest absolute Gasteiger partial charge is 0.481 e. The summed E-state index contributed by atoms with van der Waals surface area (Å²) in [7, 11) is 1.26. The summed E-state index contributed by atoms with van der Waals surface area (Å²) in [6.45, 7) is -0.248. The van der Waals surface area contributed by atoms with Gasteiger partial charge in [-0.15, -0.1) is 0 Å². The zero-order valence-corrected chi connectivity index (χ0v) is 13.4. The van der Waals surface area contributed by atoms with Crippen LogP contribution < -0.4 is 15.4 Å². The highest BCUT2D eigenvalue weighted by Gasteiger charge is 2.12. The number of esters is 1. The number of carboxylic acid groups (broad SMARTS) is 1. The van der Waals surface area contributed by atoms with Crippen molar-refractivity contribution >= 4 is 34.6 Å². The Labute approximate surface area is 142 Å². The molecule has 0 saturated heterocycles. The molecule has 0 bridgehead atoms. The number of carbonyl (C=O) groups is 3. The Kier molecular flexibility index (Phi) is 6.10. The molecule has 0 fully saturated rings. The Balaban J connectivity index is 2.15. The van der Waals surface area contributed by atoms with Crippen LogP contribution in [0.3, 0.4) is 0 Å². The summed E-state index contributed by atoms with van der Waals surface area (Å²) in [5, 5.41) is 14.3. The van der Waals surface area contributed by atoms with Gasteiger partial charge in [0.25, 0.3) is 0 Å². The van der Waals surface area contributed by atoms with Crippen molar-refractivity contribution in [2.45, 2.75) is 6.42 Å². The van der Waals surface area contributed by atoms with Crippen LogP contribution in [0.25, 0.3) is 10.9 Å². The average Bonchev–Trinajstić information content (AvgIpc) is 2.60. The van der Waals surface area contributed by atoms with E-state index in [2.05, 4.69) is 20.4 Å². The quantitative estimate of drug-likeness (QED) is 0.646. The molecular weight excluding hydrogens is 330 g/mol. The highest BCUT2D eigenvalue weighted by atomic mass is 16.6. The van der Waals surface area contributed by atoms with Gasteiger partial charge in [-0.2, -0.15) is 0 Å². The maximum atomic E-state index is 11.8. The number of carbonyl (C=O) groups excluding carboxylic acids is 2. The molecule has 0 aliphatic heterocycles. The van der Waals surface area contributed by atoms with E-state index < -0.39 is 18.0 Å². The number of aromatic nitrogens is 1. The molecule has 25 heavy (non-hydrogen) atoms. The highest BCUT2D eigenvalue weighted by molar-refractivity contribution is 6.02. The zero-order valence-electron chi connectivity index (χ0n) is 13.4. The van der Waals surface area contributed by atoms with Crippen LogP contribution in [0.1, 0.15) is 6.42 Å². The summed E-state index contributed by atoms with van der Waals surface area (Å²) in [4.78, 5) is 37.7. The molecule has 132 valence electrons. The number of benzene rings is 1. The summed E-state index contributed by atoms with van der Waals surface area (Å²) in [5.41, 5.74) is 0.941. The van der Waals surface area contributed by atoms with Crippen molar-refractivity contribution in [1.29, 1.82) is 0 Å². The fourth-order valence-corrected chi connectivity index (χ4v) is 2.02. The van der Waals surface area contributed by atoms with Crippen LogP contribution in [0, 0.1) is 0 Å². The number of anilines is 1. The SMILES string of the molecule is COC(=O)COc1ccc(NC(=O)NCCC(=O)O)c2cccnc12. The fraction of sp³-hybridized carbons (Fsp3) is 0.250. The van der Waals surface area contributed by atoms with Gasteiger partial charge in [-0.05, 0) is 24.3 Å². The van der Waals surface area contributed by atoms with E-state index in [1.165, 1.54) is 7.11 Å². The number of carboxylic acids is 1. The minimum absolute atomic E-state index is 0.0116. The van der Waals surface area contributed by atoms with Crippen molar-refractivity contribution in [2.24, 2.45) is 0 Å². The second kappa shape index (κ2) is 8.48. The lowest BCUT2D eigenvalue weighted by molar-refractivity contribution is -0.143. The fourth-order valence-electron chi connectivity index (χ4n) is 2.02. The Morgan fingerprint density at radius 1 is 1.24 bits per heavy atom. The average molecular weight is 347 g/mol. The number of pyridine rings is 1. The Bertz CT molecular complexity index is 793. The molecule has 2 aromatic rings. The smallest absolute Gasteiger partial charge is 0.343 e. The van der Waals surface area contributed by atoms with Crippen LogP contribution in [0.5, 0.6) is 5.75 Å². The van der Waals surface area contributed by atoms with Gasteiger partial charge in [-0.3, -0.25) is 9.78 Å². The first-order chi connectivity index (χ1) is 12.0. The predicted molar refractivity (Wildman–Crippen MR) is 88.5 cm³/mol. The van der Waals surface area contributed by atoms with Crippen molar-refractivity contribution in [3.05, 3.63) is 30.5 Å². The molecular formula is C16H17N3O6. The monoisotopic (exact) mass is 347 g/mol. The molecule has 2 rings (SSSR count). The molecule has 2 amide bonds. The third kappa shape index (κ3) is 5.06. The third-order valence-electron chi connectivity index (χ3n) is 3.18. The van der Waals surface area contributed by atoms with Crippen molar-refractivity contribution in [3.63, 3.8) is 0 Å². The van der Waals surface area contributed by atoms with Gasteiger partial charge in [-0.25, -0.2) is 9.59 Å². The molecule has 0 atom stereocenters. The number of hydrogen-bond donors (Lipinski definition) is 3. The van der Waals surface area contributed by atoms with Crippen LogP contribution in [0.2, 0.25) is 0 Å². The Morgan fingerprint density at radius 3 is 2.76 bits per heavy atom. The Morgan fingerprint density at radius 2 is 2.04 bits per heavy atom. The predicted octanol–water partition coefficient (Wildman–Crippen LogP) is 1.38. The summed E-state index contributed by atoms with van der Waals surface area (Å²) < 4.78 is 9.92. The number of amides is 2. The molecule has 1 aromatic heterocycles. The maximum absolute atomic E-state index is 11.8. The van der Waals surface area contributed by atoms with Crippen LogP contribution in [-0.2, 0) is 14.3 Å². The number of nitrogens with one attached hydrogen (secondary N) is 2. The number of fused-ring (bicyclic) bond motifs is 1. The maximum Gasteiger partial charge on any atom is 0.343 e. The molecule has 1 aromatic carbocycles. The molecule has 9 nitrogen and oxygen atoms in total. The lowest BCUT2D eigenvalue weighted by Crippen LogP contribution is -2.30. The minimum Gasteiger partial charge on any atom is -0.481 e. The van der Waals surface area contributed by atoms with Crippen molar-refractivity contribution < 1.29 is 29.0 Å². The van der Waals surface area contributed by atoms with Gasteiger partial charge in [0, 0.05) is 18.1 Å². The number of hydrogen-bond acceptors (Lipinski definition) is 6. The van der Waals surface area contributed by atoms with E-state index in [0.717, 1.165) is 0 Å². The zero-order chi connectivity index (χ0) is 18.2. The summed E-state index contributed by atoms with van der Waals surface area (Å²) >= 11 is 0. The van der Waals surface area contributed by atoms with Crippen LogP contribution >= 0.6 is 0 Å². The van der Waals surface area contributed by atoms with E-state index in [1.807, 2.05) is 0 Å². The number of methoxy groups -OCH3 is 1. The third-order valence-corrected chi connectivity index (χ3v) is 3.18. The first-order valence-electron chi connectivity index (χ1n) is 7.35. The van der Waals surface area contributed by atoms with Gasteiger partial charge in [0.15, 0.2) is 6.61 Å². The molecule has 0 aliphatic rings. The number of rotatable bonds is 7. The van der Waals surface area contributed by atoms with Gasteiger partial charge in [0.1, 0.15) is 11.3 Å². The minimum atomic E-state index is -0.998. The van der Waals surface area contributed by atoms with Gasteiger partial charge in [-0.1, -0.05) is 0 Å². The molecule has 0 spiro atoms. The van der Waals surface area contributed by atoms with E-state index in [0.29, 0.717) is 22.3 Å². The molecule has 0 unspecified atom stereocenters. The topological polar surface area (TPSA) is 127 Å². The first-order valence-corrected chi connectivity index (χ1v) is 7.35. The second-order valence-electron chi connectivity index (χ2n) is 4.90. The summed E-state index contributed by atoms with van der Waals surface area (Å²) in [5.74, 6) is -1.15. The molecule has 1 heterocycles. The van der Waals surface area contributed by atoms with Crippen molar-refractivity contribution in [1.82, 2.24) is 10.3 Å². The summed E-state index contributed by atoms with van der Waals surface area (Å²) in [6, 6.07) is 6.08. The summed E-state index contributed by atoms with van der Waals surface area (Å²) in [6.07, 6.45) is 1.39. The first kappa shape index (κ1) is 18.0. The highest BCUT2D eigenvalue weighted by Crippen LogP contribution is 2.29. The van der Waals surface area contributed by atoms with Gasteiger partial charge in [0.05, 0.1) is 19.2 Å². The number of aliphatic carboxylic acids is 1. The second-order valence-corrected chi connectivity index (χ2v) is 4.90. The van der Waals surface area contributed by atoms with E-state index in [9.17, 15) is 14.4 Å². The molecule has 9 heteroatoms.